The van der Waals surface area contributed by atoms with Crippen molar-refractivity contribution < 1.29 is 0 Å². The van der Waals surface area contributed by atoms with Gasteiger partial charge in [-0.25, -0.2) is 0 Å². The molecule has 0 spiro atoms. The van der Waals surface area contributed by atoms with E-state index < -0.39 is 0 Å². The van der Waals surface area contributed by atoms with E-state index in [1.54, 1.807) is 0 Å². The van der Waals surface area contributed by atoms with Crippen molar-refractivity contribution in [2.75, 3.05) is 13.1 Å². The number of thiophene rings is 1. The van der Waals surface area contributed by atoms with Crippen molar-refractivity contribution in [1.29, 1.82) is 0 Å². The number of piperazine rings is 1. The number of hydrogen-bond donors (Lipinski definition) is 1. The zero-order valence-corrected chi connectivity index (χ0v) is 14.2. The summed E-state index contributed by atoms with van der Waals surface area (Å²) < 4.78 is 0. The fourth-order valence-electron chi connectivity index (χ4n) is 3.35. The van der Waals surface area contributed by atoms with E-state index >= 15 is 0 Å². The van der Waals surface area contributed by atoms with E-state index in [1.165, 1.54) is 30.7 Å². The van der Waals surface area contributed by atoms with Crippen molar-refractivity contribution in [2.24, 2.45) is 5.92 Å². The second kappa shape index (κ2) is 7.58. The molecule has 1 saturated heterocycles. The van der Waals surface area contributed by atoms with Gasteiger partial charge >= 0.3 is 0 Å². The Bertz CT molecular complexity index is 376. The first-order valence-electron chi connectivity index (χ1n) is 8.23. The second-order valence-corrected chi connectivity index (χ2v) is 7.08. The van der Waals surface area contributed by atoms with Crippen molar-refractivity contribution >= 4 is 11.3 Å². The van der Waals surface area contributed by atoms with Crippen LogP contribution in [0.4, 0.5) is 0 Å². The third-order valence-corrected chi connectivity index (χ3v) is 5.93. The first-order chi connectivity index (χ1) is 9.71. The molecule has 4 unspecified atom stereocenters. The lowest BCUT2D eigenvalue weighted by Gasteiger charge is -2.45. The van der Waals surface area contributed by atoms with Crippen LogP contribution in [0.15, 0.2) is 17.5 Å². The van der Waals surface area contributed by atoms with Crippen molar-refractivity contribution in [3.05, 3.63) is 22.4 Å². The normalized spacial score (nSPS) is 27.4. The molecule has 1 fully saturated rings. The third-order valence-electron chi connectivity index (χ3n) is 4.95. The molecule has 1 aromatic heterocycles. The van der Waals surface area contributed by atoms with Crippen molar-refractivity contribution in [1.82, 2.24) is 10.2 Å². The molecule has 2 rings (SSSR count). The molecule has 1 N–H and O–H groups in total. The van der Waals surface area contributed by atoms with Gasteiger partial charge in [-0.2, -0.15) is 0 Å². The van der Waals surface area contributed by atoms with Crippen LogP contribution in [0.1, 0.15) is 57.9 Å². The minimum absolute atomic E-state index is 0.605. The van der Waals surface area contributed by atoms with Crippen LogP contribution in [-0.2, 0) is 0 Å². The fourth-order valence-corrected chi connectivity index (χ4v) is 4.28. The van der Waals surface area contributed by atoms with Crippen molar-refractivity contribution in [3.63, 3.8) is 0 Å². The van der Waals surface area contributed by atoms with Gasteiger partial charge in [0.15, 0.2) is 0 Å². The maximum atomic E-state index is 3.79. The predicted octanol–water partition coefficient (Wildman–Crippen LogP) is 4.30. The summed E-state index contributed by atoms with van der Waals surface area (Å²) >= 11 is 1.92. The highest BCUT2D eigenvalue weighted by Gasteiger charge is 2.33. The third kappa shape index (κ3) is 3.44. The Morgan fingerprint density at radius 3 is 2.70 bits per heavy atom. The Morgan fingerprint density at radius 2 is 2.15 bits per heavy atom. The highest BCUT2D eigenvalue weighted by atomic mass is 32.1. The van der Waals surface area contributed by atoms with E-state index in [-0.39, 0.29) is 0 Å². The first-order valence-corrected chi connectivity index (χ1v) is 9.11. The molecule has 0 bridgehead atoms. The molecule has 20 heavy (non-hydrogen) atoms. The van der Waals surface area contributed by atoms with E-state index in [9.17, 15) is 0 Å². The van der Waals surface area contributed by atoms with Gasteiger partial charge in [0.2, 0.25) is 0 Å². The van der Waals surface area contributed by atoms with Gasteiger partial charge in [-0.1, -0.05) is 40.2 Å². The monoisotopic (exact) mass is 294 g/mol. The van der Waals surface area contributed by atoms with E-state index in [0.717, 1.165) is 12.5 Å². The summed E-state index contributed by atoms with van der Waals surface area (Å²) in [5, 5.41) is 6.00. The summed E-state index contributed by atoms with van der Waals surface area (Å²) in [6.07, 6.45) is 3.71. The maximum absolute atomic E-state index is 3.79. The van der Waals surface area contributed by atoms with E-state index in [2.05, 4.69) is 55.4 Å². The van der Waals surface area contributed by atoms with Crippen LogP contribution in [0.3, 0.4) is 0 Å². The molecule has 3 heteroatoms. The van der Waals surface area contributed by atoms with Gasteiger partial charge in [-0.15, -0.1) is 11.3 Å². The number of hydrogen-bond acceptors (Lipinski definition) is 3. The van der Waals surface area contributed by atoms with Crippen LogP contribution in [0, 0.1) is 5.92 Å². The van der Waals surface area contributed by atoms with Gasteiger partial charge in [0, 0.05) is 36.1 Å². The smallest absolute Gasteiger partial charge is 0.0443 e. The van der Waals surface area contributed by atoms with Crippen LogP contribution in [0.25, 0.3) is 0 Å². The van der Waals surface area contributed by atoms with E-state index in [4.69, 9.17) is 0 Å². The summed E-state index contributed by atoms with van der Waals surface area (Å²) in [5.74, 6) is 0.760. The molecule has 2 heterocycles. The molecule has 1 aliphatic heterocycles. The molecule has 4 atom stereocenters. The van der Waals surface area contributed by atoms with E-state index in [0.29, 0.717) is 18.1 Å². The number of nitrogens with zero attached hydrogens (tertiary/aromatic N) is 1. The van der Waals surface area contributed by atoms with Crippen molar-refractivity contribution in [3.8, 4) is 0 Å². The Balaban J connectivity index is 2.15. The quantitative estimate of drug-likeness (QED) is 0.841. The predicted molar refractivity (Wildman–Crippen MR) is 89.4 cm³/mol. The molecule has 114 valence electrons. The van der Waals surface area contributed by atoms with Crippen LogP contribution in [0.5, 0.6) is 0 Å². The molecule has 1 aliphatic rings. The highest BCUT2D eigenvalue weighted by molar-refractivity contribution is 7.10. The van der Waals surface area contributed by atoms with Crippen molar-refractivity contribution in [2.45, 2.75) is 65.1 Å². The van der Waals surface area contributed by atoms with Gasteiger partial charge in [0.05, 0.1) is 0 Å². The Kier molecular flexibility index (Phi) is 6.06. The van der Waals surface area contributed by atoms with Crippen LogP contribution in [-0.4, -0.2) is 30.1 Å². The Labute approximate surface area is 128 Å². The minimum atomic E-state index is 0.605. The molecule has 0 radical (unpaired) electrons. The molecular formula is C17H30N2S. The fraction of sp³-hybridized carbons (Fsp3) is 0.765. The standard InChI is InChI=1S/C17H30N2S/c1-5-13(4)15-12-19(14(6-2)11-18-15)16(7-3)17-9-8-10-20-17/h8-10,13-16,18H,5-7,11-12H2,1-4H3. The summed E-state index contributed by atoms with van der Waals surface area (Å²) in [5.41, 5.74) is 0. The van der Waals surface area contributed by atoms with Crippen LogP contribution < -0.4 is 5.32 Å². The molecule has 2 nitrogen and oxygen atoms in total. The maximum Gasteiger partial charge on any atom is 0.0443 e. The summed E-state index contributed by atoms with van der Waals surface area (Å²) in [4.78, 5) is 4.31. The van der Waals surface area contributed by atoms with Gasteiger partial charge in [0.25, 0.3) is 0 Å². The largest absolute Gasteiger partial charge is 0.311 e. The lowest BCUT2D eigenvalue weighted by atomic mass is 9.93. The summed E-state index contributed by atoms with van der Waals surface area (Å²) in [7, 11) is 0. The average molecular weight is 295 g/mol. The van der Waals surface area contributed by atoms with Gasteiger partial charge in [0.1, 0.15) is 0 Å². The first kappa shape index (κ1) is 16.0. The van der Waals surface area contributed by atoms with Gasteiger partial charge in [-0.3, -0.25) is 4.90 Å². The lowest BCUT2D eigenvalue weighted by molar-refractivity contribution is 0.0629. The topological polar surface area (TPSA) is 15.3 Å². The zero-order valence-electron chi connectivity index (χ0n) is 13.4. The molecule has 1 aromatic rings. The Morgan fingerprint density at radius 1 is 1.35 bits per heavy atom. The average Bonchev–Trinajstić information content (AvgIpc) is 3.01. The minimum Gasteiger partial charge on any atom is -0.311 e. The lowest BCUT2D eigenvalue weighted by Crippen LogP contribution is -2.58. The SMILES string of the molecule is CCC(C)C1CN(C(CC)c2cccs2)C(CC)CN1. The molecule has 0 saturated carbocycles. The highest BCUT2D eigenvalue weighted by Crippen LogP contribution is 2.32. The van der Waals surface area contributed by atoms with E-state index in [1.807, 2.05) is 11.3 Å². The van der Waals surface area contributed by atoms with Gasteiger partial charge < -0.3 is 5.32 Å². The molecular weight excluding hydrogens is 264 g/mol. The van der Waals surface area contributed by atoms with Gasteiger partial charge in [-0.05, 0) is 30.2 Å². The van der Waals surface area contributed by atoms with Crippen LogP contribution in [0.2, 0.25) is 0 Å². The van der Waals surface area contributed by atoms with Crippen LogP contribution >= 0.6 is 11.3 Å². The number of nitrogens with one attached hydrogen (secondary N) is 1. The summed E-state index contributed by atoms with van der Waals surface area (Å²) in [6.45, 7) is 11.7. The molecule has 0 amide bonds. The zero-order chi connectivity index (χ0) is 14.5. The number of rotatable bonds is 6. The molecule has 0 aliphatic carbocycles. The second-order valence-electron chi connectivity index (χ2n) is 6.10. The molecule has 0 aromatic carbocycles. The summed E-state index contributed by atoms with van der Waals surface area (Å²) in [6, 6.07) is 6.44. The Hall–Kier alpha value is -0.380.